The summed E-state index contributed by atoms with van der Waals surface area (Å²) in [6.07, 6.45) is 2.92. The number of nitrogens with one attached hydrogen (secondary N) is 1. The standard InChI is InChI=1S/C19H27N3O4/c1-5-12(2)17(20)19-22-14(11-26-19)18(23)21-9-8-13-6-7-15(24-3)16(10-13)25-4/h6-7,10-12,17H,5,8-9,20H2,1-4H3,(H,21,23). The maximum Gasteiger partial charge on any atom is 0.273 e. The quantitative estimate of drug-likeness (QED) is 0.712. The van der Waals surface area contributed by atoms with E-state index in [2.05, 4.69) is 17.2 Å². The Balaban J connectivity index is 1.90. The molecule has 1 amide bonds. The average molecular weight is 361 g/mol. The minimum atomic E-state index is -0.312. The molecule has 7 nitrogen and oxygen atoms in total. The van der Waals surface area contributed by atoms with E-state index in [1.807, 2.05) is 25.1 Å². The number of ether oxygens (including phenoxy) is 2. The molecule has 0 spiro atoms. The molecule has 7 heteroatoms. The molecule has 0 aliphatic rings. The highest BCUT2D eigenvalue weighted by Crippen LogP contribution is 2.27. The summed E-state index contributed by atoms with van der Waals surface area (Å²) < 4.78 is 15.9. The molecule has 1 aromatic heterocycles. The fourth-order valence-corrected chi connectivity index (χ4v) is 2.49. The van der Waals surface area contributed by atoms with Crippen LogP contribution in [0.2, 0.25) is 0 Å². The summed E-state index contributed by atoms with van der Waals surface area (Å²) in [5.74, 6) is 1.68. The van der Waals surface area contributed by atoms with Crippen molar-refractivity contribution in [2.75, 3.05) is 20.8 Å². The van der Waals surface area contributed by atoms with Gasteiger partial charge in [-0.15, -0.1) is 0 Å². The van der Waals surface area contributed by atoms with E-state index in [-0.39, 0.29) is 23.6 Å². The van der Waals surface area contributed by atoms with Crippen LogP contribution in [0.1, 0.15) is 48.3 Å². The van der Waals surface area contributed by atoms with E-state index >= 15 is 0 Å². The predicted octanol–water partition coefficient (Wildman–Crippen LogP) is 2.71. The van der Waals surface area contributed by atoms with Crippen molar-refractivity contribution in [2.24, 2.45) is 11.7 Å². The third kappa shape index (κ3) is 4.76. The molecule has 3 N–H and O–H groups in total. The van der Waals surface area contributed by atoms with Gasteiger partial charge in [-0.1, -0.05) is 26.3 Å². The van der Waals surface area contributed by atoms with Gasteiger partial charge in [0.25, 0.3) is 5.91 Å². The molecule has 2 unspecified atom stereocenters. The number of aromatic nitrogens is 1. The largest absolute Gasteiger partial charge is 0.493 e. The van der Waals surface area contributed by atoms with Gasteiger partial charge in [-0.2, -0.15) is 0 Å². The van der Waals surface area contributed by atoms with Crippen LogP contribution in [0.5, 0.6) is 11.5 Å². The third-order valence-corrected chi connectivity index (χ3v) is 4.44. The van der Waals surface area contributed by atoms with E-state index in [4.69, 9.17) is 19.6 Å². The van der Waals surface area contributed by atoms with Crippen molar-refractivity contribution in [1.82, 2.24) is 10.3 Å². The van der Waals surface area contributed by atoms with Gasteiger partial charge in [0, 0.05) is 6.54 Å². The topological polar surface area (TPSA) is 99.6 Å². The van der Waals surface area contributed by atoms with Crippen molar-refractivity contribution in [2.45, 2.75) is 32.7 Å². The minimum absolute atomic E-state index is 0.231. The summed E-state index contributed by atoms with van der Waals surface area (Å²) in [4.78, 5) is 16.4. The summed E-state index contributed by atoms with van der Waals surface area (Å²) in [7, 11) is 3.19. The number of methoxy groups -OCH3 is 2. The molecule has 142 valence electrons. The maximum atomic E-state index is 12.2. The fraction of sp³-hybridized carbons (Fsp3) is 0.474. The van der Waals surface area contributed by atoms with E-state index in [9.17, 15) is 4.79 Å². The lowest BCUT2D eigenvalue weighted by molar-refractivity contribution is 0.0949. The van der Waals surface area contributed by atoms with Crippen molar-refractivity contribution in [3.8, 4) is 11.5 Å². The lowest BCUT2D eigenvalue weighted by Crippen LogP contribution is -2.26. The number of benzene rings is 1. The molecule has 0 bridgehead atoms. The van der Waals surface area contributed by atoms with Gasteiger partial charge in [0.2, 0.25) is 5.89 Å². The average Bonchev–Trinajstić information content (AvgIpc) is 3.16. The Hall–Kier alpha value is -2.54. The second-order valence-corrected chi connectivity index (χ2v) is 6.18. The Kier molecular flexibility index (Phi) is 7.03. The number of carbonyl (C=O) groups is 1. The Bertz CT molecular complexity index is 729. The van der Waals surface area contributed by atoms with Gasteiger partial charge in [-0.05, 0) is 30.0 Å². The van der Waals surface area contributed by atoms with Crippen LogP contribution in [0.25, 0.3) is 0 Å². The first-order valence-electron chi connectivity index (χ1n) is 8.70. The van der Waals surface area contributed by atoms with Crippen molar-refractivity contribution >= 4 is 5.91 Å². The van der Waals surface area contributed by atoms with Crippen LogP contribution in [0.15, 0.2) is 28.9 Å². The molecular formula is C19H27N3O4. The lowest BCUT2D eigenvalue weighted by Gasteiger charge is -2.13. The first-order chi connectivity index (χ1) is 12.5. The molecule has 1 heterocycles. The Labute approximate surface area is 153 Å². The monoisotopic (exact) mass is 361 g/mol. The van der Waals surface area contributed by atoms with Crippen molar-refractivity contribution in [1.29, 1.82) is 0 Å². The molecule has 0 saturated carbocycles. The summed E-state index contributed by atoms with van der Waals surface area (Å²) >= 11 is 0. The molecule has 0 aliphatic heterocycles. The van der Waals surface area contributed by atoms with Crippen molar-refractivity contribution in [3.05, 3.63) is 41.6 Å². The van der Waals surface area contributed by atoms with Crippen LogP contribution in [0.3, 0.4) is 0 Å². The summed E-state index contributed by atoms with van der Waals surface area (Å²) in [5.41, 5.74) is 7.35. The zero-order valence-corrected chi connectivity index (χ0v) is 15.7. The highest BCUT2D eigenvalue weighted by atomic mass is 16.5. The van der Waals surface area contributed by atoms with Crippen molar-refractivity contribution in [3.63, 3.8) is 0 Å². The molecule has 0 aliphatic carbocycles. The number of carbonyl (C=O) groups excluding carboxylic acids is 1. The fourth-order valence-electron chi connectivity index (χ4n) is 2.49. The van der Waals surface area contributed by atoms with Gasteiger partial charge >= 0.3 is 0 Å². The Morgan fingerprint density at radius 3 is 2.69 bits per heavy atom. The number of oxazole rings is 1. The molecule has 1 aromatic carbocycles. The lowest BCUT2D eigenvalue weighted by atomic mass is 10.0. The van der Waals surface area contributed by atoms with E-state index < -0.39 is 0 Å². The first-order valence-corrected chi connectivity index (χ1v) is 8.70. The van der Waals surface area contributed by atoms with E-state index in [1.165, 1.54) is 6.26 Å². The number of amides is 1. The summed E-state index contributed by atoms with van der Waals surface area (Å²) in [6.45, 7) is 4.54. The molecule has 2 atom stereocenters. The Morgan fingerprint density at radius 1 is 1.31 bits per heavy atom. The highest BCUT2D eigenvalue weighted by molar-refractivity contribution is 5.91. The van der Waals surface area contributed by atoms with Gasteiger partial charge in [-0.3, -0.25) is 4.79 Å². The van der Waals surface area contributed by atoms with Crippen molar-refractivity contribution < 1.29 is 18.7 Å². The van der Waals surface area contributed by atoms with Gasteiger partial charge in [0.15, 0.2) is 17.2 Å². The molecule has 0 radical (unpaired) electrons. The summed E-state index contributed by atoms with van der Waals surface area (Å²) in [5, 5.41) is 2.83. The van der Waals surface area contributed by atoms with Crippen LogP contribution >= 0.6 is 0 Å². The zero-order chi connectivity index (χ0) is 19.1. The first kappa shape index (κ1) is 19.8. The number of hydrogen-bond donors (Lipinski definition) is 2. The van der Waals surface area contributed by atoms with E-state index in [0.717, 1.165) is 12.0 Å². The predicted molar refractivity (Wildman–Crippen MR) is 98.5 cm³/mol. The van der Waals surface area contributed by atoms with Gasteiger partial charge < -0.3 is 24.9 Å². The number of hydrogen-bond acceptors (Lipinski definition) is 6. The van der Waals surface area contributed by atoms with E-state index in [1.54, 1.807) is 14.2 Å². The van der Waals surface area contributed by atoms with Crippen LogP contribution in [-0.2, 0) is 6.42 Å². The van der Waals surface area contributed by atoms with Gasteiger partial charge in [0.05, 0.1) is 20.3 Å². The molecule has 2 rings (SSSR count). The normalized spacial score (nSPS) is 13.1. The van der Waals surface area contributed by atoms with Crippen LogP contribution in [0, 0.1) is 5.92 Å². The second-order valence-electron chi connectivity index (χ2n) is 6.18. The van der Waals surface area contributed by atoms with Crippen LogP contribution in [-0.4, -0.2) is 31.7 Å². The molecule has 0 saturated heterocycles. The van der Waals surface area contributed by atoms with Gasteiger partial charge in [0.1, 0.15) is 6.26 Å². The zero-order valence-electron chi connectivity index (χ0n) is 15.7. The molecule has 26 heavy (non-hydrogen) atoms. The third-order valence-electron chi connectivity index (χ3n) is 4.44. The summed E-state index contributed by atoms with van der Waals surface area (Å²) in [6, 6.07) is 5.36. The maximum absolute atomic E-state index is 12.2. The SMILES string of the molecule is CCC(C)C(N)c1nc(C(=O)NCCc2ccc(OC)c(OC)c2)co1. The molecule has 0 fully saturated rings. The van der Waals surface area contributed by atoms with Gasteiger partial charge in [-0.25, -0.2) is 4.98 Å². The number of nitrogens with zero attached hydrogens (tertiary/aromatic N) is 1. The van der Waals surface area contributed by atoms with Crippen LogP contribution in [0.4, 0.5) is 0 Å². The van der Waals surface area contributed by atoms with E-state index in [0.29, 0.717) is 30.4 Å². The smallest absolute Gasteiger partial charge is 0.273 e. The highest BCUT2D eigenvalue weighted by Gasteiger charge is 2.20. The second kappa shape index (κ2) is 9.24. The minimum Gasteiger partial charge on any atom is -0.493 e. The molecule has 2 aromatic rings. The molecular weight excluding hydrogens is 334 g/mol. The number of rotatable bonds is 9. The van der Waals surface area contributed by atoms with Crippen LogP contribution < -0.4 is 20.5 Å². The Morgan fingerprint density at radius 2 is 2.04 bits per heavy atom. The number of nitrogens with two attached hydrogens (primary N) is 1.